The highest BCUT2D eigenvalue weighted by atomic mass is 16.5. The highest BCUT2D eigenvalue weighted by Crippen LogP contribution is 2.23. The summed E-state index contributed by atoms with van der Waals surface area (Å²) in [5.74, 6) is 3.95. The number of rotatable bonds is 9. The van der Waals surface area contributed by atoms with Crippen molar-refractivity contribution in [1.29, 1.82) is 0 Å². The number of ether oxygens (including phenoxy) is 2. The average Bonchev–Trinajstić information content (AvgIpc) is 2.76. The lowest BCUT2D eigenvalue weighted by Gasteiger charge is -2.21. The average molecular weight is 409 g/mol. The molecular weight excluding hydrogens is 380 g/mol. The summed E-state index contributed by atoms with van der Waals surface area (Å²) in [5, 5.41) is 8.66. The number of hydrogen-bond donors (Lipinski definition) is 0. The van der Waals surface area contributed by atoms with Gasteiger partial charge in [-0.1, -0.05) is 13.8 Å². The molecule has 7 heteroatoms. The molecule has 0 heterocycles. The van der Waals surface area contributed by atoms with Crippen molar-refractivity contribution in [2.24, 2.45) is 21.2 Å². The molecule has 0 aliphatic heterocycles. The van der Waals surface area contributed by atoms with Crippen molar-refractivity contribution in [1.82, 2.24) is 0 Å². The zero-order valence-electron chi connectivity index (χ0n) is 17.9. The molecule has 30 heavy (non-hydrogen) atoms. The Bertz CT molecular complexity index is 854. The Labute approximate surface area is 178 Å². The van der Waals surface area contributed by atoms with Gasteiger partial charge in [-0.2, -0.15) is 5.10 Å². The quantitative estimate of drug-likeness (QED) is 0.142. The van der Waals surface area contributed by atoms with Gasteiger partial charge in [-0.15, -0.1) is 17.3 Å². The Balaban J connectivity index is 0.00000141. The van der Waals surface area contributed by atoms with Crippen molar-refractivity contribution >= 4 is 23.9 Å². The molecule has 0 unspecified atom stereocenters. The second-order valence-corrected chi connectivity index (χ2v) is 6.45. The molecule has 2 aromatic rings. The number of terminal acetylenes is 1. The van der Waals surface area contributed by atoms with E-state index >= 15 is 0 Å². The Morgan fingerprint density at radius 2 is 1.77 bits per heavy atom. The number of benzene rings is 2. The van der Waals surface area contributed by atoms with Crippen molar-refractivity contribution in [2.45, 2.75) is 20.8 Å². The first kappa shape index (κ1) is 24.5. The summed E-state index contributed by atoms with van der Waals surface area (Å²) < 4.78 is 10.8. The molecule has 7 nitrogen and oxygen atoms in total. The third-order valence-corrected chi connectivity index (χ3v) is 3.65. The van der Waals surface area contributed by atoms with Gasteiger partial charge in [0.15, 0.2) is 5.84 Å². The van der Waals surface area contributed by atoms with Crippen LogP contribution in [0, 0.1) is 23.2 Å². The summed E-state index contributed by atoms with van der Waals surface area (Å²) >= 11 is 0. The number of anilines is 1. The molecule has 0 saturated carbocycles. The van der Waals surface area contributed by atoms with Gasteiger partial charge in [-0.05, 0) is 66.5 Å². The number of aliphatic imine (C=N–C) groups is 1. The fraction of sp³-hybridized carbons (Fsp3) is 0.304. The topological polar surface area (TPSA) is 75.9 Å². The number of amidine groups is 1. The van der Waals surface area contributed by atoms with E-state index in [9.17, 15) is 4.91 Å². The minimum absolute atomic E-state index is 0.184. The Morgan fingerprint density at radius 3 is 2.23 bits per heavy atom. The van der Waals surface area contributed by atoms with E-state index in [1.54, 1.807) is 43.3 Å². The van der Waals surface area contributed by atoms with E-state index in [1.165, 1.54) is 0 Å². The standard InChI is InChI=1S/C20H24N4O3.C3H4/c1-15(2)13-27-14-22-20(16-5-7-17(23-25)8-6-16)24(21-3)18-9-11-19(26-4)12-10-18;1-3-2/h5-12,15H,3,13-14H2,1-2,4H3;1H,2H3/b22-20-;. The van der Waals surface area contributed by atoms with E-state index < -0.39 is 0 Å². The molecule has 0 atom stereocenters. The van der Waals surface area contributed by atoms with Crippen LogP contribution in [0.25, 0.3) is 0 Å². The van der Waals surface area contributed by atoms with E-state index in [2.05, 4.69) is 48.2 Å². The van der Waals surface area contributed by atoms with Crippen LogP contribution < -0.4 is 9.75 Å². The van der Waals surface area contributed by atoms with Crippen LogP contribution in [0.4, 0.5) is 11.4 Å². The smallest absolute Gasteiger partial charge is 0.159 e. The summed E-state index contributed by atoms with van der Waals surface area (Å²) in [6.07, 6.45) is 4.60. The molecule has 158 valence electrons. The molecule has 0 aliphatic carbocycles. The molecule has 0 saturated heterocycles. The van der Waals surface area contributed by atoms with E-state index in [1.807, 2.05) is 24.3 Å². The van der Waals surface area contributed by atoms with Crippen LogP contribution in [0.2, 0.25) is 0 Å². The minimum atomic E-state index is 0.184. The van der Waals surface area contributed by atoms with Crippen molar-refractivity contribution in [3.05, 3.63) is 59.0 Å². The summed E-state index contributed by atoms with van der Waals surface area (Å²) in [6.45, 7) is 10.3. The second-order valence-electron chi connectivity index (χ2n) is 6.45. The molecule has 0 fully saturated rings. The van der Waals surface area contributed by atoms with Crippen molar-refractivity contribution in [2.75, 3.05) is 25.5 Å². The highest BCUT2D eigenvalue weighted by molar-refractivity contribution is 6.09. The number of nitrogens with zero attached hydrogens (tertiary/aromatic N) is 4. The lowest BCUT2D eigenvalue weighted by atomic mass is 10.1. The van der Waals surface area contributed by atoms with E-state index in [4.69, 9.17) is 9.47 Å². The van der Waals surface area contributed by atoms with Crippen molar-refractivity contribution in [3.63, 3.8) is 0 Å². The lowest BCUT2D eigenvalue weighted by Crippen LogP contribution is -2.27. The van der Waals surface area contributed by atoms with Crippen LogP contribution >= 0.6 is 0 Å². The van der Waals surface area contributed by atoms with Crippen LogP contribution in [-0.4, -0.2) is 33.0 Å². The van der Waals surface area contributed by atoms with Crippen molar-refractivity contribution < 1.29 is 9.47 Å². The predicted octanol–water partition coefficient (Wildman–Crippen LogP) is 5.23. The number of methoxy groups -OCH3 is 1. The summed E-state index contributed by atoms with van der Waals surface area (Å²) in [6, 6.07) is 14.2. The second kappa shape index (κ2) is 13.6. The molecule has 0 aromatic heterocycles. The Kier molecular flexibility index (Phi) is 11.2. The SMILES string of the molecule is C#CC.C=NN(/C(=N\COCC(C)C)c1ccc(N=O)cc1)c1ccc(OC)cc1. The zero-order chi connectivity index (χ0) is 22.4. The fourth-order valence-corrected chi connectivity index (χ4v) is 2.34. The third-order valence-electron chi connectivity index (χ3n) is 3.65. The van der Waals surface area contributed by atoms with Crippen LogP contribution in [0.5, 0.6) is 5.75 Å². The van der Waals surface area contributed by atoms with Gasteiger partial charge >= 0.3 is 0 Å². The van der Waals surface area contributed by atoms with Crippen LogP contribution in [0.3, 0.4) is 0 Å². The third kappa shape index (κ3) is 7.86. The molecule has 0 aliphatic rings. The summed E-state index contributed by atoms with van der Waals surface area (Å²) in [7, 11) is 1.61. The number of hydrazone groups is 1. The first-order valence-corrected chi connectivity index (χ1v) is 9.34. The molecule has 0 N–H and O–H groups in total. The number of nitroso groups, excluding NO2 is 1. The fourth-order valence-electron chi connectivity index (χ4n) is 2.34. The van der Waals surface area contributed by atoms with Gasteiger partial charge in [0, 0.05) is 12.3 Å². The summed E-state index contributed by atoms with van der Waals surface area (Å²) in [5.41, 5.74) is 1.88. The maximum absolute atomic E-state index is 10.7. The van der Waals surface area contributed by atoms with Gasteiger partial charge in [-0.25, -0.2) is 10.0 Å². The van der Waals surface area contributed by atoms with Gasteiger partial charge in [0.2, 0.25) is 0 Å². The predicted molar refractivity (Wildman–Crippen MR) is 124 cm³/mol. The monoisotopic (exact) mass is 408 g/mol. The first-order valence-electron chi connectivity index (χ1n) is 9.34. The maximum atomic E-state index is 10.7. The first-order chi connectivity index (χ1) is 14.5. The van der Waals surface area contributed by atoms with Crippen LogP contribution in [0.1, 0.15) is 26.3 Å². The van der Waals surface area contributed by atoms with Gasteiger partial charge in [-0.3, -0.25) is 0 Å². The van der Waals surface area contributed by atoms with E-state index in [0.29, 0.717) is 24.0 Å². The number of hydrogen-bond acceptors (Lipinski definition) is 6. The Morgan fingerprint density at radius 1 is 1.17 bits per heavy atom. The molecule has 0 radical (unpaired) electrons. The normalized spacial score (nSPS) is 10.5. The van der Waals surface area contributed by atoms with Gasteiger partial charge in [0.1, 0.15) is 18.2 Å². The van der Waals surface area contributed by atoms with Gasteiger partial charge < -0.3 is 9.47 Å². The maximum Gasteiger partial charge on any atom is 0.159 e. The molecule has 0 amide bonds. The lowest BCUT2D eigenvalue weighted by molar-refractivity contribution is 0.117. The Hall–Kier alpha value is -3.50. The van der Waals surface area contributed by atoms with E-state index in [-0.39, 0.29) is 6.73 Å². The zero-order valence-corrected chi connectivity index (χ0v) is 17.9. The largest absolute Gasteiger partial charge is 0.497 e. The highest BCUT2D eigenvalue weighted by Gasteiger charge is 2.15. The summed E-state index contributed by atoms with van der Waals surface area (Å²) in [4.78, 5) is 15.2. The minimum Gasteiger partial charge on any atom is -0.497 e. The molecule has 2 rings (SSSR count). The molecule has 0 bridgehead atoms. The molecule has 2 aromatic carbocycles. The molecule has 0 spiro atoms. The van der Waals surface area contributed by atoms with Crippen molar-refractivity contribution in [3.8, 4) is 18.1 Å². The van der Waals surface area contributed by atoms with Gasteiger partial charge in [0.25, 0.3) is 0 Å². The van der Waals surface area contributed by atoms with Gasteiger partial charge in [0.05, 0.1) is 19.4 Å². The van der Waals surface area contributed by atoms with Crippen LogP contribution in [-0.2, 0) is 4.74 Å². The van der Waals surface area contributed by atoms with E-state index in [0.717, 1.165) is 17.0 Å². The van der Waals surface area contributed by atoms with Crippen LogP contribution in [0.15, 0.2) is 63.8 Å². The molecular formula is C23H28N4O3.